The van der Waals surface area contributed by atoms with Crippen LogP contribution in [0, 0.1) is 0 Å². The molecule has 0 aliphatic heterocycles. The number of aliphatic carboxylic acids is 2. The molecule has 0 aliphatic rings. The third-order valence-electron chi connectivity index (χ3n) is 1.58. The predicted octanol–water partition coefficient (Wildman–Crippen LogP) is 0.466. The molecule has 0 aromatic carbocycles. The SMILES string of the molecule is CC(O)CCO.O=C(O)CCCCC(=O)O. The monoisotopic (exact) mass is 236 g/mol. The van der Waals surface area contributed by atoms with E-state index in [1.807, 2.05) is 0 Å². The molecule has 0 saturated carbocycles. The van der Waals surface area contributed by atoms with Crippen molar-refractivity contribution in [2.45, 2.75) is 45.1 Å². The maximum atomic E-state index is 9.90. The molecule has 0 aliphatic carbocycles. The van der Waals surface area contributed by atoms with E-state index in [2.05, 4.69) is 0 Å². The van der Waals surface area contributed by atoms with Crippen molar-refractivity contribution >= 4 is 11.9 Å². The summed E-state index contributed by atoms with van der Waals surface area (Å²) in [6.07, 6.45) is 1.15. The number of aliphatic hydroxyl groups is 2. The molecule has 0 fully saturated rings. The molecule has 0 spiro atoms. The Bertz CT molecular complexity index is 174. The van der Waals surface area contributed by atoms with Crippen LogP contribution in [0.2, 0.25) is 0 Å². The molecule has 1 unspecified atom stereocenters. The maximum absolute atomic E-state index is 9.90. The summed E-state index contributed by atoms with van der Waals surface area (Å²) in [5.74, 6) is -1.74. The lowest BCUT2D eigenvalue weighted by Gasteiger charge is -1.95. The van der Waals surface area contributed by atoms with E-state index >= 15 is 0 Å². The van der Waals surface area contributed by atoms with E-state index in [1.54, 1.807) is 6.92 Å². The van der Waals surface area contributed by atoms with E-state index in [0.29, 0.717) is 19.3 Å². The molecular formula is C10H20O6. The van der Waals surface area contributed by atoms with Crippen molar-refractivity contribution in [1.82, 2.24) is 0 Å². The topological polar surface area (TPSA) is 115 Å². The fraction of sp³-hybridized carbons (Fsp3) is 0.800. The third kappa shape index (κ3) is 23.0. The minimum atomic E-state index is -0.870. The number of carboxylic acids is 2. The van der Waals surface area contributed by atoms with Crippen LogP contribution in [0.15, 0.2) is 0 Å². The lowest BCUT2D eigenvalue weighted by atomic mass is 10.2. The maximum Gasteiger partial charge on any atom is 0.303 e. The summed E-state index contributed by atoms with van der Waals surface area (Å²) in [5.41, 5.74) is 0. The van der Waals surface area contributed by atoms with Gasteiger partial charge >= 0.3 is 11.9 Å². The van der Waals surface area contributed by atoms with E-state index in [1.165, 1.54) is 0 Å². The number of aliphatic hydroxyl groups excluding tert-OH is 2. The summed E-state index contributed by atoms with van der Waals surface area (Å²) in [7, 11) is 0. The summed E-state index contributed by atoms with van der Waals surface area (Å²) in [6.45, 7) is 1.73. The van der Waals surface area contributed by atoms with Gasteiger partial charge in [0.1, 0.15) is 0 Å². The van der Waals surface area contributed by atoms with Gasteiger partial charge in [0.15, 0.2) is 0 Å². The van der Waals surface area contributed by atoms with E-state index in [9.17, 15) is 9.59 Å². The third-order valence-corrected chi connectivity index (χ3v) is 1.58. The second-order valence-electron chi connectivity index (χ2n) is 3.36. The minimum Gasteiger partial charge on any atom is -0.481 e. The second-order valence-corrected chi connectivity index (χ2v) is 3.36. The smallest absolute Gasteiger partial charge is 0.303 e. The van der Waals surface area contributed by atoms with Crippen molar-refractivity contribution in [1.29, 1.82) is 0 Å². The molecule has 0 bridgehead atoms. The lowest BCUT2D eigenvalue weighted by Crippen LogP contribution is -2.00. The van der Waals surface area contributed by atoms with Crippen LogP contribution < -0.4 is 0 Å². The molecule has 6 heteroatoms. The van der Waals surface area contributed by atoms with Gasteiger partial charge in [-0.1, -0.05) is 0 Å². The van der Waals surface area contributed by atoms with Crippen molar-refractivity contribution in [3.63, 3.8) is 0 Å². The Balaban J connectivity index is 0. The summed E-state index contributed by atoms with van der Waals surface area (Å²) in [4.78, 5) is 19.8. The van der Waals surface area contributed by atoms with Crippen LogP contribution >= 0.6 is 0 Å². The summed E-state index contributed by atoms with van der Waals surface area (Å²) >= 11 is 0. The second kappa shape index (κ2) is 11.9. The Hall–Kier alpha value is -1.14. The van der Waals surface area contributed by atoms with E-state index in [0.717, 1.165) is 0 Å². The van der Waals surface area contributed by atoms with Crippen molar-refractivity contribution in [2.75, 3.05) is 6.61 Å². The average Bonchev–Trinajstić information content (AvgIpc) is 2.12. The van der Waals surface area contributed by atoms with Crippen molar-refractivity contribution < 1.29 is 30.0 Å². The average molecular weight is 236 g/mol. The first kappa shape index (κ1) is 17.3. The predicted molar refractivity (Wildman–Crippen MR) is 57.1 cm³/mol. The molecule has 0 saturated heterocycles. The van der Waals surface area contributed by atoms with Gasteiger partial charge in [-0.3, -0.25) is 9.59 Å². The van der Waals surface area contributed by atoms with E-state index < -0.39 is 11.9 Å². The molecule has 0 rings (SSSR count). The fourth-order valence-corrected chi connectivity index (χ4v) is 0.739. The van der Waals surface area contributed by atoms with Crippen LogP contribution in [0.3, 0.4) is 0 Å². The molecule has 0 heterocycles. The highest BCUT2D eigenvalue weighted by molar-refractivity contribution is 5.67. The summed E-state index contributed by atoms with van der Waals surface area (Å²) in [6, 6.07) is 0. The Morgan fingerprint density at radius 1 is 1.06 bits per heavy atom. The lowest BCUT2D eigenvalue weighted by molar-refractivity contribution is -0.139. The zero-order chi connectivity index (χ0) is 13.0. The van der Waals surface area contributed by atoms with E-state index in [-0.39, 0.29) is 25.6 Å². The Morgan fingerprint density at radius 3 is 1.56 bits per heavy atom. The van der Waals surface area contributed by atoms with Gasteiger partial charge in [-0.25, -0.2) is 0 Å². The number of hydrogen-bond acceptors (Lipinski definition) is 4. The normalized spacial score (nSPS) is 11.2. The number of carboxylic acid groups (broad SMARTS) is 2. The molecule has 6 nitrogen and oxygen atoms in total. The van der Waals surface area contributed by atoms with Crippen molar-refractivity contribution in [3.05, 3.63) is 0 Å². The van der Waals surface area contributed by atoms with Crippen LogP contribution in [0.5, 0.6) is 0 Å². The highest BCUT2D eigenvalue weighted by atomic mass is 16.4. The largest absolute Gasteiger partial charge is 0.481 e. The molecule has 0 aromatic heterocycles. The van der Waals surface area contributed by atoms with Gasteiger partial charge < -0.3 is 20.4 Å². The molecular weight excluding hydrogens is 216 g/mol. The van der Waals surface area contributed by atoms with Crippen LogP contribution in [-0.2, 0) is 9.59 Å². The van der Waals surface area contributed by atoms with Gasteiger partial charge in [-0.15, -0.1) is 0 Å². The van der Waals surface area contributed by atoms with Gasteiger partial charge in [0.2, 0.25) is 0 Å². The van der Waals surface area contributed by atoms with Gasteiger partial charge in [-0.05, 0) is 26.2 Å². The molecule has 1 atom stereocenters. The van der Waals surface area contributed by atoms with Gasteiger partial charge in [0.25, 0.3) is 0 Å². The molecule has 0 amide bonds. The Labute approximate surface area is 94.5 Å². The summed E-state index contributed by atoms with van der Waals surface area (Å²) in [5, 5.41) is 32.7. The zero-order valence-electron chi connectivity index (χ0n) is 9.43. The number of rotatable bonds is 7. The minimum absolute atomic E-state index is 0.0628. The fourth-order valence-electron chi connectivity index (χ4n) is 0.739. The van der Waals surface area contributed by atoms with Crippen molar-refractivity contribution in [3.8, 4) is 0 Å². The highest BCUT2D eigenvalue weighted by Crippen LogP contribution is 1.98. The van der Waals surface area contributed by atoms with E-state index in [4.69, 9.17) is 20.4 Å². The molecule has 96 valence electrons. The highest BCUT2D eigenvalue weighted by Gasteiger charge is 1.99. The quantitative estimate of drug-likeness (QED) is 0.477. The Kier molecular flexibility index (Phi) is 12.9. The molecule has 4 N–H and O–H groups in total. The number of carbonyl (C=O) groups is 2. The zero-order valence-corrected chi connectivity index (χ0v) is 9.43. The Morgan fingerprint density at radius 2 is 1.44 bits per heavy atom. The molecule has 0 aromatic rings. The molecule has 0 radical (unpaired) electrons. The standard InChI is InChI=1S/C6H10O4.C4H10O2/c7-5(8)3-1-2-4-6(9)10;1-4(6)2-3-5/h1-4H2,(H,7,8)(H,9,10);4-6H,2-3H2,1H3. The van der Waals surface area contributed by atoms with Gasteiger partial charge in [0, 0.05) is 19.4 Å². The first-order valence-corrected chi connectivity index (χ1v) is 5.12. The van der Waals surface area contributed by atoms with Crippen LogP contribution in [0.1, 0.15) is 39.0 Å². The van der Waals surface area contributed by atoms with Gasteiger partial charge in [-0.2, -0.15) is 0 Å². The first-order valence-electron chi connectivity index (χ1n) is 5.12. The first-order chi connectivity index (χ1) is 7.40. The van der Waals surface area contributed by atoms with Crippen LogP contribution in [-0.4, -0.2) is 45.1 Å². The summed E-state index contributed by atoms with van der Waals surface area (Å²) < 4.78 is 0. The van der Waals surface area contributed by atoms with Crippen LogP contribution in [0.4, 0.5) is 0 Å². The number of unbranched alkanes of at least 4 members (excludes halogenated alkanes) is 1. The molecule has 16 heavy (non-hydrogen) atoms. The van der Waals surface area contributed by atoms with Gasteiger partial charge in [0.05, 0.1) is 6.10 Å². The van der Waals surface area contributed by atoms with Crippen LogP contribution in [0.25, 0.3) is 0 Å². The van der Waals surface area contributed by atoms with Crippen molar-refractivity contribution in [2.24, 2.45) is 0 Å². The number of hydrogen-bond donors (Lipinski definition) is 4.